The average Bonchev–Trinajstić information content (AvgIpc) is 3.06. The molecule has 1 atom stereocenters. The minimum atomic E-state index is -0.377. The van der Waals surface area contributed by atoms with E-state index < -0.39 is 0 Å². The normalized spacial score (nSPS) is 12.0. The first-order chi connectivity index (χ1) is 12.5. The van der Waals surface area contributed by atoms with Crippen molar-refractivity contribution in [1.82, 2.24) is 20.2 Å². The Bertz CT molecular complexity index is 923. The van der Waals surface area contributed by atoms with Crippen LogP contribution >= 0.6 is 23.4 Å². The lowest BCUT2D eigenvalue weighted by Crippen LogP contribution is -2.23. The lowest BCUT2D eigenvalue weighted by Gasteiger charge is -2.15. The summed E-state index contributed by atoms with van der Waals surface area (Å²) in [6, 6.07) is 13.1. The van der Waals surface area contributed by atoms with Crippen LogP contribution in [-0.4, -0.2) is 31.4 Å². The molecule has 2 aromatic carbocycles. The fourth-order valence-electron chi connectivity index (χ4n) is 2.47. The van der Waals surface area contributed by atoms with Gasteiger partial charge in [-0.25, -0.2) is 0 Å². The summed E-state index contributed by atoms with van der Waals surface area (Å²) in [5.41, 5.74) is 3.64. The SMILES string of the molecule is Cc1cccc(C)c1NC(=O)[C@H](C)Sc1nnnn1-c1cccc(Cl)c1. The van der Waals surface area contributed by atoms with E-state index in [2.05, 4.69) is 20.8 Å². The fraction of sp³-hybridized carbons (Fsp3) is 0.222. The first kappa shape index (κ1) is 18.4. The number of nitrogens with one attached hydrogen (secondary N) is 1. The smallest absolute Gasteiger partial charge is 0.237 e. The zero-order valence-corrected chi connectivity index (χ0v) is 16.2. The number of tetrazole rings is 1. The molecule has 1 amide bonds. The maximum Gasteiger partial charge on any atom is 0.237 e. The zero-order valence-electron chi connectivity index (χ0n) is 14.6. The Kier molecular flexibility index (Phi) is 5.58. The van der Waals surface area contributed by atoms with E-state index in [1.807, 2.05) is 51.1 Å². The summed E-state index contributed by atoms with van der Waals surface area (Å²) in [5.74, 6) is -0.104. The molecule has 0 fully saturated rings. The van der Waals surface area contributed by atoms with Gasteiger partial charge < -0.3 is 5.32 Å². The summed E-state index contributed by atoms with van der Waals surface area (Å²) in [6.07, 6.45) is 0. The van der Waals surface area contributed by atoms with Crippen LogP contribution < -0.4 is 5.32 Å². The van der Waals surface area contributed by atoms with Gasteiger partial charge in [0.15, 0.2) is 0 Å². The van der Waals surface area contributed by atoms with Gasteiger partial charge >= 0.3 is 0 Å². The topological polar surface area (TPSA) is 72.7 Å². The lowest BCUT2D eigenvalue weighted by atomic mass is 10.1. The summed E-state index contributed by atoms with van der Waals surface area (Å²) in [4.78, 5) is 12.6. The van der Waals surface area contributed by atoms with Crippen LogP contribution in [0.4, 0.5) is 5.69 Å². The number of halogens is 1. The molecule has 134 valence electrons. The Morgan fingerprint density at radius 1 is 1.19 bits per heavy atom. The molecule has 0 bridgehead atoms. The van der Waals surface area contributed by atoms with Gasteiger partial charge in [-0.15, -0.1) is 5.10 Å². The van der Waals surface area contributed by atoms with Gasteiger partial charge in [-0.2, -0.15) is 4.68 Å². The van der Waals surface area contributed by atoms with E-state index in [4.69, 9.17) is 11.6 Å². The fourth-order valence-corrected chi connectivity index (χ4v) is 3.46. The maximum atomic E-state index is 12.6. The molecule has 8 heteroatoms. The van der Waals surface area contributed by atoms with Crippen molar-refractivity contribution in [1.29, 1.82) is 0 Å². The number of hydrogen-bond donors (Lipinski definition) is 1. The highest BCUT2D eigenvalue weighted by molar-refractivity contribution is 8.00. The molecule has 6 nitrogen and oxygen atoms in total. The second-order valence-electron chi connectivity index (χ2n) is 5.87. The molecular formula is C18H18ClN5OS. The van der Waals surface area contributed by atoms with E-state index in [1.54, 1.807) is 16.8 Å². The zero-order chi connectivity index (χ0) is 18.7. The first-order valence-corrected chi connectivity index (χ1v) is 9.29. The lowest BCUT2D eigenvalue weighted by molar-refractivity contribution is -0.115. The molecule has 1 heterocycles. The third-order valence-corrected chi connectivity index (χ3v) is 5.14. The number of carbonyl (C=O) groups is 1. The van der Waals surface area contributed by atoms with Crippen molar-refractivity contribution in [2.75, 3.05) is 5.32 Å². The second-order valence-corrected chi connectivity index (χ2v) is 7.61. The van der Waals surface area contributed by atoms with Crippen LogP contribution in [0.1, 0.15) is 18.1 Å². The quantitative estimate of drug-likeness (QED) is 0.668. The summed E-state index contributed by atoms with van der Waals surface area (Å²) in [7, 11) is 0. The molecule has 0 aliphatic rings. The van der Waals surface area contributed by atoms with E-state index in [0.29, 0.717) is 10.2 Å². The molecule has 3 rings (SSSR count). The van der Waals surface area contributed by atoms with Gasteiger partial charge in [0.05, 0.1) is 10.9 Å². The summed E-state index contributed by atoms with van der Waals surface area (Å²) in [6.45, 7) is 5.77. The van der Waals surface area contributed by atoms with Crippen LogP contribution in [0.15, 0.2) is 47.6 Å². The first-order valence-electron chi connectivity index (χ1n) is 8.04. The van der Waals surface area contributed by atoms with E-state index in [9.17, 15) is 4.79 Å². The maximum absolute atomic E-state index is 12.6. The minimum absolute atomic E-state index is 0.104. The number of aromatic nitrogens is 4. The van der Waals surface area contributed by atoms with Crippen LogP contribution in [0.25, 0.3) is 5.69 Å². The standard InChI is InChI=1S/C18H18ClN5OS/c1-11-6-4-7-12(2)16(11)20-17(25)13(3)26-18-21-22-23-24(18)15-9-5-8-14(19)10-15/h4-10,13H,1-3H3,(H,20,25)/t13-/m0/s1. The Labute approximate surface area is 160 Å². The third-order valence-electron chi connectivity index (χ3n) is 3.87. The highest BCUT2D eigenvalue weighted by atomic mass is 35.5. The minimum Gasteiger partial charge on any atom is -0.325 e. The number of benzene rings is 2. The average molecular weight is 388 g/mol. The van der Waals surface area contributed by atoms with Crippen LogP contribution in [0.5, 0.6) is 0 Å². The third kappa shape index (κ3) is 4.05. The molecular weight excluding hydrogens is 370 g/mol. The van der Waals surface area contributed by atoms with Crippen molar-refractivity contribution in [3.63, 3.8) is 0 Å². The Morgan fingerprint density at radius 2 is 1.88 bits per heavy atom. The van der Waals surface area contributed by atoms with E-state index in [0.717, 1.165) is 22.5 Å². The van der Waals surface area contributed by atoms with E-state index in [1.165, 1.54) is 11.8 Å². The van der Waals surface area contributed by atoms with Crippen molar-refractivity contribution in [2.45, 2.75) is 31.2 Å². The summed E-state index contributed by atoms with van der Waals surface area (Å²) >= 11 is 7.33. The van der Waals surface area contributed by atoms with Crippen LogP contribution in [-0.2, 0) is 4.79 Å². The van der Waals surface area contributed by atoms with Gasteiger partial charge in [0, 0.05) is 10.7 Å². The van der Waals surface area contributed by atoms with Gasteiger partial charge in [-0.3, -0.25) is 4.79 Å². The Morgan fingerprint density at radius 3 is 2.58 bits per heavy atom. The van der Waals surface area contributed by atoms with Crippen molar-refractivity contribution >= 4 is 35.0 Å². The van der Waals surface area contributed by atoms with Gasteiger partial charge in [0.1, 0.15) is 0 Å². The van der Waals surface area contributed by atoms with Crippen molar-refractivity contribution in [3.05, 3.63) is 58.6 Å². The molecule has 1 aromatic heterocycles. The molecule has 1 N–H and O–H groups in total. The molecule has 0 spiro atoms. The number of aryl methyl sites for hydroxylation is 2. The van der Waals surface area contributed by atoms with Gasteiger partial charge in [0.2, 0.25) is 11.1 Å². The van der Waals surface area contributed by atoms with Gasteiger partial charge in [-0.1, -0.05) is 47.6 Å². The number of amides is 1. The molecule has 0 unspecified atom stereocenters. The predicted octanol–water partition coefficient (Wildman–Crippen LogP) is 4.05. The molecule has 0 aliphatic carbocycles. The highest BCUT2D eigenvalue weighted by Gasteiger charge is 2.20. The van der Waals surface area contributed by atoms with E-state index in [-0.39, 0.29) is 11.2 Å². The molecule has 0 saturated carbocycles. The summed E-state index contributed by atoms with van der Waals surface area (Å²) < 4.78 is 1.57. The van der Waals surface area contributed by atoms with Crippen LogP contribution in [0.3, 0.4) is 0 Å². The van der Waals surface area contributed by atoms with Crippen molar-refractivity contribution in [2.24, 2.45) is 0 Å². The van der Waals surface area contributed by atoms with Gasteiger partial charge in [0.25, 0.3) is 0 Å². The predicted molar refractivity (Wildman–Crippen MR) is 104 cm³/mol. The number of rotatable bonds is 5. The largest absolute Gasteiger partial charge is 0.325 e. The molecule has 0 radical (unpaired) electrons. The number of hydrogen-bond acceptors (Lipinski definition) is 5. The Hall–Kier alpha value is -2.38. The molecule has 0 aliphatic heterocycles. The summed E-state index contributed by atoms with van der Waals surface area (Å²) in [5, 5.41) is 15.5. The second kappa shape index (κ2) is 7.88. The number of anilines is 1. The number of nitrogens with zero attached hydrogens (tertiary/aromatic N) is 4. The van der Waals surface area contributed by atoms with E-state index >= 15 is 0 Å². The number of thioether (sulfide) groups is 1. The monoisotopic (exact) mass is 387 g/mol. The molecule has 26 heavy (non-hydrogen) atoms. The number of para-hydroxylation sites is 1. The van der Waals surface area contributed by atoms with Crippen LogP contribution in [0, 0.1) is 13.8 Å². The van der Waals surface area contributed by atoms with Crippen molar-refractivity contribution < 1.29 is 4.79 Å². The van der Waals surface area contributed by atoms with Crippen LogP contribution in [0.2, 0.25) is 5.02 Å². The Balaban J connectivity index is 1.76. The molecule has 0 saturated heterocycles. The van der Waals surface area contributed by atoms with Crippen molar-refractivity contribution in [3.8, 4) is 5.69 Å². The highest BCUT2D eigenvalue weighted by Crippen LogP contribution is 2.26. The molecule has 3 aromatic rings. The van der Waals surface area contributed by atoms with Gasteiger partial charge in [-0.05, 0) is 60.5 Å². The number of carbonyl (C=O) groups excluding carboxylic acids is 1.